The van der Waals surface area contributed by atoms with Gasteiger partial charge in [0, 0.05) is 19.2 Å². The summed E-state index contributed by atoms with van der Waals surface area (Å²) in [7, 11) is 0. The Bertz CT molecular complexity index is 518. The first-order chi connectivity index (χ1) is 9.26. The van der Waals surface area contributed by atoms with Gasteiger partial charge in [-0.15, -0.1) is 0 Å². The molecule has 0 fully saturated rings. The van der Waals surface area contributed by atoms with Crippen LogP contribution >= 0.6 is 0 Å². The molecule has 0 aliphatic rings. The molecule has 2 rings (SSSR count). The minimum atomic E-state index is 0.660. The van der Waals surface area contributed by atoms with Crippen LogP contribution in [0.1, 0.15) is 38.9 Å². The van der Waals surface area contributed by atoms with Crippen molar-refractivity contribution in [2.75, 3.05) is 6.54 Å². The summed E-state index contributed by atoms with van der Waals surface area (Å²) in [5.41, 5.74) is 7.64. The first-order valence-corrected chi connectivity index (χ1v) is 7.26. The van der Waals surface area contributed by atoms with Crippen LogP contribution in [0.3, 0.4) is 0 Å². The van der Waals surface area contributed by atoms with Crippen molar-refractivity contribution in [2.45, 2.75) is 46.1 Å². The first-order valence-electron chi connectivity index (χ1n) is 7.26. The lowest BCUT2D eigenvalue weighted by atomic mass is 10.0. The van der Waals surface area contributed by atoms with E-state index in [0.717, 1.165) is 49.9 Å². The standard InChI is InChI=1S/C15H24N4/c1-3-11-19-14(7-6-12(2)8-9-16)18-13-5-4-10-17-15(13)19/h4-5,10,12H,3,6-9,11,16H2,1-2H3. The second-order valence-electron chi connectivity index (χ2n) is 5.25. The Morgan fingerprint density at radius 1 is 1.37 bits per heavy atom. The Morgan fingerprint density at radius 3 is 2.95 bits per heavy atom. The molecule has 104 valence electrons. The van der Waals surface area contributed by atoms with E-state index in [0.29, 0.717) is 5.92 Å². The maximum atomic E-state index is 5.61. The molecule has 0 aliphatic heterocycles. The van der Waals surface area contributed by atoms with E-state index < -0.39 is 0 Å². The molecule has 2 aromatic rings. The smallest absolute Gasteiger partial charge is 0.159 e. The second-order valence-corrected chi connectivity index (χ2v) is 5.25. The largest absolute Gasteiger partial charge is 0.330 e. The number of nitrogens with zero attached hydrogens (tertiary/aromatic N) is 3. The molecule has 4 heteroatoms. The van der Waals surface area contributed by atoms with Crippen LogP contribution in [0.15, 0.2) is 18.3 Å². The average Bonchev–Trinajstić information content (AvgIpc) is 2.76. The predicted octanol–water partition coefficient (Wildman–Crippen LogP) is 2.76. The number of pyridine rings is 1. The van der Waals surface area contributed by atoms with Crippen molar-refractivity contribution in [3.05, 3.63) is 24.2 Å². The monoisotopic (exact) mass is 260 g/mol. The molecular formula is C15H24N4. The summed E-state index contributed by atoms with van der Waals surface area (Å²) in [6.07, 6.45) is 6.19. The van der Waals surface area contributed by atoms with E-state index in [1.165, 1.54) is 5.82 Å². The minimum absolute atomic E-state index is 0.660. The lowest BCUT2D eigenvalue weighted by molar-refractivity contribution is 0.485. The first kappa shape index (κ1) is 14.0. The molecule has 19 heavy (non-hydrogen) atoms. The predicted molar refractivity (Wildman–Crippen MR) is 79.0 cm³/mol. The fourth-order valence-corrected chi connectivity index (χ4v) is 2.46. The topological polar surface area (TPSA) is 56.7 Å². The molecule has 1 unspecified atom stereocenters. The van der Waals surface area contributed by atoms with Crippen LogP contribution in [-0.4, -0.2) is 21.1 Å². The van der Waals surface area contributed by atoms with E-state index in [2.05, 4.69) is 23.4 Å². The Morgan fingerprint density at radius 2 is 2.21 bits per heavy atom. The number of hydrogen-bond donors (Lipinski definition) is 1. The molecule has 0 radical (unpaired) electrons. The number of nitrogens with two attached hydrogens (primary N) is 1. The quantitative estimate of drug-likeness (QED) is 0.832. The molecule has 2 aromatic heterocycles. The fraction of sp³-hybridized carbons (Fsp3) is 0.600. The third kappa shape index (κ3) is 3.32. The maximum Gasteiger partial charge on any atom is 0.159 e. The van der Waals surface area contributed by atoms with Crippen LogP contribution in [0.2, 0.25) is 0 Å². The van der Waals surface area contributed by atoms with Crippen molar-refractivity contribution in [3.8, 4) is 0 Å². The van der Waals surface area contributed by atoms with Crippen LogP contribution in [0.25, 0.3) is 11.2 Å². The molecule has 2 N–H and O–H groups in total. The molecule has 0 aromatic carbocycles. The number of aromatic nitrogens is 3. The number of hydrogen-bond acceptors (Lipinski definition) is 3. The van der Waals surface area contributed by atoms with E-state index in [1.54, 1.807) is 0 Å². The van der Waals surface area contributed by atoms with Gasteiger partial charge in [-0.05, 0) is 43.9 Å². The molecular weight excluding hydrogens is 236 g/mol. The Balaban J connectivity index is 2.19. The molecule has 0 aliphatic carbocycles. The molecule has 0 bridgehead atoms. The van der Waals surface area contributed by atoms with Crippen molar-refractivity contribution in [1.82, 2.24) is 14.5 Å². The van der Waals surface area contributed by atoms with Crippen LogP contribution in [0, 0.1) is 5.92 Å². The second kappa shape index (κ2) is 6.66. The third-order valence-electron chi connectivity index (χ3n) is 3.55. The van der Waals surface area contributed by atoms with Crippen LogP contribution in [0.5, 0.6) is 0 Å². The van der Waals surface area contributed by atoms with Crippen molar-refractivity contribution >= 4 is 11.2 Å². The summed E-state index contributed by atoms with van der Waals surface area (Å²) in [5, 5.41) is 0. The fourth-order valence-electron chi connectivity index (χ4n) is 2.46. The summed E-state index contributed by atoms with van der Waals surface area (Å²) in [6.45, 7) is 6.22. The Labute approximate surface area is 115 Å². The Hall–Kier alpha value is -1.42. The van der Waals surface area contributed by atoms with Gasteiger partial charge in [-0.1, -0.05) is 13.8 Å². The zero-order chi connectivity index (χ0) is 13.7. The lowest BCUT2D eigenvalue weighted by Gasteiger charge is -2.11. The number of imidazole rings is 1. The van der Waals surface area contributed by atoms with Gasteiger partial charge >= 0.3 is 0 Å². The van der Waals surface area contributed by atoms with Crippen LogP contribution < -0.4 is 5.73 Å². The van der Waals surface area contributed by atoms with E-state index in [9.17, 15) is 0 Å². The van der Waals surface area contributed by atoms with Gasteiger partial charge in [0.15, 0.2) is 5.65 Å². The SMILES string of the molecule is CCCn1c(CCC(C)CCN)nc2cccnc21. The number of aryl methyl sites for hydroxylation is 2. The summed E-state index contributed by atoms with van der Waals surface area (Å²) in [5.74, 6) is 1.83. The van der Waals surface area contributed by atoms with Gasteiger partial charge in [0.2, 0.25) is 0 Å². The molecule has 1 atom stereocenters. The van der Waals surface area contributed by atoms with Gasteiger partial charge in [0.05, 0.1) is 0 Å². The minimum Gasteiger partial charge on any atom is -0.330 e. The van der Waals surface area contributed by atoms with Crippen molar-refractivity contribution in [1.29, 1.82) is 0 Å². The highest BCUT2D eigenvalue weighted by molar-refractivity contribution is 5.71. The number of fused-ring (bicyclic) bond motifs is 1. The highest BCUT2D eigenvalue weighted by Crippen LogP contribution is 2.17. The van der Waals surface area contributed by atoms with E-state index >= 15 is 0 Å². The third-order valence-corrected chi connectivity index (χ3v) is 3.55. The molecule has 0 saturated carbocycles. The van der Waals surface area contributed by atoms with Gasteiger partial charge in [0.25, 0.3) is 0 Å². The Kier molecular flexibility index (Phi) is 4.91. The molecule has 2 heterocycles. The maximum absolute atomic E-state index is 5.61. The van der Waals surface area contributed by atoms with Crippen LogP contribution in [-0.2, 0) is 13.0 Å². The molecule has 0 saturated heterocycles. The highest BCUT2D eigenvalue weighted by Gasteiger charge is 2.11. The van der Waals surface area contributed by atoms with Crippen molar-refractivity contribution in [3.63, 3.8) is 0 Å². The van der Waals surface area contributed by atoms with Gasteiger partial charge in [-0.25, -0.2) is 9.97 Å². The van der Waals surface area contributed by atoms with Crippen molar-refractivity contribution in [2.24, 2.45) is 11.7 Å². The summed E-state index contributed by atoms with van der Waals surface area (Å²) in [4.78, 5) is 9.20. The zero-order valence-electron chi connectivity index (χ0n) is 12.0. The molecule has 0 spiro atoms. The molecule has 0 amide bonds. The van der Waals surface area contributed by atoms with Gasteiger partial charge in [0.1, 0.15) is 11.3 Å². The van der Waals surface area contributed by atoms with E-state index in [-0.39, 0.29) is 0 Å². The van der Waals surface area contributed by atoms with E-state index in [1.807, 2.05) is 18.3 Å². The van der Waals surface area contributed by atoms with Crippen molar-refractivity contribution < 1.29 is 0 Å². The normalized spacial score (nSPS) is 13.0. The van der Waals surface area contributed by atoms with Gasteiger partial charge < -0.3 is 10.3 Å². The summed E-state index contributed by atoms with van der Waals surface area (Å²) in [6, 6.07) is 3.99. The van der Waals surface area contributed by atoms with Gasteiger partial charge in [-0.3, -0.25) is 0 Å². The average molecular weight is 260 g/mol. The van der Waals surface area contributed by atoms with Crippen LogP contribution in [0.4, 0.5) is 0 Å². The lowest BCUT2D eigenvalue weighted by Crippen LogP contribution is -2.09. The molecule has 4 nitrogen and oxygen atoms in total. The zero-order valence-corrected chi connectivity index (χ0v) is 12.0. The van der Waals surface area contributed by atoms with Gasteiger partial charge in [-0.2, -0.15) is 0 Å². The highest BCUT2D eigenvalue weighted by atomic mass is 15.1. The summed E-state index contributed by atoms with van der Waals surface area (Å²) < 4.78 is 2.27. The van der Waals surface area contributed by atoms with E-state index in [4.69, 9.17) is 10.7 Å². The summed E-state index contributed by atoms with van der Waals surface area (Å²) >= 11 is 0. The number of rotatable bonds is 7.